The van der Waals surface area contributed by atoms with E-state index >= 15 is 0 Å². The molecule has 0 saturated heterocycles. The number of ether oxygens (including phenoxy) is 2. The Morgan fingerprint density at radius 3 is 2.63 bits per heavy atom. The molecule has 0 fully saturated rings. The molecule has 0 spiro atoms. The summed E-state index contributed by atoms with van der Waals surface area (Å²) in [6.45, 7) is 1.81. The highest BCUT2D eigenvalue weighted by molar-refractivity contribution is 6.09. The van der Waals surface area contributed by atoms with Crippen LogP contribution in [0, 0.1) is 16.0 Å². The second-order valence-electron chi connectivity index (χ2n) is 6.65. The van der Waals surface area contributed by atoms with E-state index in [-0.39, 0.29) is 40.9 Å². The average molecular weight is 412 g/mol. The van der Waals surface area contributed by atoms with Gasteiger partial charge in [-0.25, -0.2) is 5.43 Å². The number of hydrogen-bond donors (Lipinski definition) is 2. The number of methoxy groups -OCH3 is 2. The zero-order valence-electron chi connectivity index (χ0n) is 16.6. The first-order chi connectivity index (χ1) is 14.3. The molecule has 10 heteroatoms. The molecule has 1 atom stereocenters. The summed E-state index contributed by atoms with van der Waals surface area (Å²) in [5.41, 5.74) is 3.35. The number of nitrogens with zero attached hydrogens (tertiary/aromatic N) is 2. The van der Waals surface area contributed by atoms with Gasteiger partial charge in [0.2, 0.25) is 5.91 Å². The van der Waals surface area contributed by atoms with Crippen molar-refractivity contribution in [3.05, 3.63) is 57.6 Å². The summed E-state index contributed by atoms with van der Waals surface area (Å²) < 4.78 is 10.3. The van der Waals surface area contributed by atoms with E-state index in [0.29, 0.717) is 17.0 Å². The first-order valence-corrected chi connectivity index (χ1v) is 9.02. The van der Waals surface area contributed by atoms with Crippen LogP contribution in [0.25, 0.3) is 0 Å². The molecule has 0 saturated carbocycles. The molecular weight excluding hydrogens is 392 g/mol. The van der Waals surface area contributed by atoms with E-state index in [0.717, 1.165) is 0 Å². The minimum Gasteiger partial charge on any atom is -0.497 e. The average Bonchev–Trinajstić information content (AvgIpc) is 2.73. The standard InChI is InChI=1S/C20H20N4O6/c1-11-8-18(25)22-23-19(11)12-4-7-15(16(9-12)24(27)28)21-20(26)14-6-5-13(29-2)10-17(14)30-3/h4-7,9-11H,8H2,1-3H3,(H,21,26)(H,22,25). The van der Waals surface area contributed by atoms with Crippen molar-refractivity contribution in [3.63, 3.8) is 0 Å². The topological polar surface area (TPSA) is 132 Å². The van der Waals surface area contributed by atoms with E-state index in [1.807, 2.05) is 6.92 Å². The van der Waals surface area contributed by atoms with Crippen molar-refractivity contribution in [1.82, 2.24) is 5.43 Å². The van der Waals surface area contributed by atoms with Gasteiger partial charge in [0, 0.05) is 30.0 Å². The summed E-state index contributed by atoms with van der Waals surface area (Å²) in [7, 11) is 2.90. The summed E-state index contributed by atoms with van der Waals surface area (Å²) in [5, 5.41) is 18.2. The molecule has 156 valence electrons. The second kappa shape index (κ2) is 8.60. The molecule has 1 aliphatic heterocycles. The molecule has 0 aliphatic carbocycles. The normalized spacial score (nSPS) is 15.6. The van der Waals surface area contributed by atoms with Crippen molar-refractivity contribution in [2.75, 3.05) is 19.5 Å². The molecule has 3 rings (SSSR count). The van der Waals surface area contributed by atoms with Crippen LogP contribution in [0.15, 0.2) is 41.5 Å². The predicted molar refractivity (Wildman–Crippen MR) is 109 cm³/mol. The maximum atomic E-state index is 12.7. The molecule has 2 aromatic rings. The van der Waals surface area contributed by atoms with Gasteiger partial charge in [-0.05, 0) is 18.2 Å². The van der Waals surface area contributed by atoms with Gasteiger partial charge in [0.25, 0.3) is 11.6 Å². The number of hydrogen-bond acceptors (Lipinski definition) is 7. The Morgan fingerprint density at radius 2 is 2.00 bits per heavy atom. The van der Waals surface area contributed by atoms with E-state index in [1.54, 1.807) is 18.2 Å². The van der Waals surface area contributed by atoms with E-state index in [1.165, 1.54) is 32.4 Å². The van der Waals surface area contributed by atoms with Gasteiger partial charge in [-0.15, -0.1) is 0 Å². The molecule has 1 heterocycles. The van der Waals surface area contributed by atoms with Crippen LogP contribution >= 0.6 is 0 Å². The number of hydrazone groups is 1. The monoisotopic (exact) mass is 412 g/mol. The van der Waals surface area contributed by atoms with Crippen LogP contribution in [0.4, 0.5) is 11.4 Å². The lowest BCUT2D eigenvalue weighted by atomic mass is 9.93. The highest BCUT2D eigenvalue weighted by Crippen LogP contribution is 2.30. The lowest BCUT2D eigenvalue weighted by molar-refractivity contribution is -0.383. The van der Waals surface area contributed by atoms with Gasteiger partial charge >= 0.3 is 0 Å². The van der Waals surface area contributed by atoms with Gasteiger partial charge in [-0.1, -0.05) is 13.0 Å². The highest BCUT2D eigenvalue weighted by atomic mass is 16.6. The molecule has 2 N–H and O–H groups in total. The van der Waals surface area contributed by atoms with E-state index in [4.69, 9.17) is 9.47 Å². The fourth-order valence-corrected chi connectivity index (χ4v) is 3.13. The third-order valence-corrected chi connectivity index (χ3v) is 4.65. The summed E-state index contributed by atoms with van der Waals surface area (Å²) in [4.78, 5) is 35.2. The summed E-state index contributed by atoms with van der Waals surface area (Å²) >= 11 is 0. The molecule has 1 unspecified atom stereocenters. The van der Waals surface area contributed by atoms with Gasteiger partial charge in [-0.3, -0.25) is 19.7 Å². The first kappa shape index (κ1) is 20.8. The molecule has 2 aromatic carbocycles. The van der Waals surface area contributed by atoms with Crippen molar-refractivity contribution >= 4 is 28.9 Å². The number of anilines is 1. The van der Waals surface area contributed by atoms with Gasteiger partial charge < -0.3 is 14.8 Å². The summed E-state index contributed by atoms with van der Waals surface area (Å²) in [6.07, 6.45) is 0.238. The van der Waals surface area contributed by atoms with Crippen molar-refractivity contribution in [2.45, 2.75) is 13.3 Å². The van der Waals surface area contributed by atoms with Gasteiger partial charge in [0.05, 0.1) is 30.4 Å². The molecule has 2 amide bonds. The minimum atomic E-state index is -0.586. The fourth-order valence-electron chi connectivity index (χ4n) is 3.13. The number of amides is 2. The van der Waals surface area contributed by atoms with E-state index < -0.39 is 10.8 Å². The Kier molecular flexibility index (Phi) is 5.95. The molecule has 10 nitrogen and oxygen atoms in total. The molecule has 0 bridgehead atoms. The quantitative estimate of drug-likeness (QED) is 0.554. The van der Waals surface area contributed by atoms with E-state index in [9.17, 15) is 19.7 Å². The Hall–Kier alpha value is -3.95. The number of rotatable bonds is 6. The first-order valence-electron chi connectivity index (χ1n) is 9.02. The largest absolute Gasteiger partial charge is 0.497 e. The molecule has 1 aliphatic rings. The van der Waals surface area contributed by atoms with Crippen molar-refractivity contribution < 1.29 is 24.0 Å². The second-order valence-corrected chi connectivity index (χ2v) is 6.65. The van der Waals surface area contributed by atoms with Gasteiger partial charge in [0.15, 0.2) is 0 Å². The fraction of sp³-hybridized carbons (Fsp3) is 0.250. The van der Waals surface area contributed by atoms with Crippen LogP contribution in [-0.2, 0) is 4.79 Å². The van der Waals surface area contributed by atoms with Crippen molar-refractivity contribution in [1.29, 1.82) is 0 Å². The number of nitro groups is 1. The molecule has 0 radical (unpaired) electrons. The van der Waals surface area contributed by atoms with E-state index in [2.05, 4.69) is 15.8 Å². The molecule has 30 heavy (non-hydrogen) atoms. The van der Waals surface area contributed by atoms with Crippen LogP contribution < -0.4 is 20.2 Å². The number of benzene rings is 2. The lowest BCUT2D eigenvalue weighted by Gasteiger charge is -2.19. The molecular formula is C20H20N4O6. The Morgan fingerprint density at radius 1 is 1.23 bits per heavy atom. The third kappa shape index (κ3) is 4.22. The Balaban J connectivity index is 1.92. The lowest BCUT2D eigenvalue weighted by Crippen LogP contribution is -2.32. The van der Waals surface area contributed by atoms with Gasteiger partial charge in [0.1, 0.15) is 17.2 Å². The van der Waals surface area contributed by atoms with Crippen LogP contribution in [0.1, 0.15) is 29.3 Å². The smallest absolute Gasteiger partial charge is 0.293 e. The van der Waals surface area contributed by atoms with Crippen LogP contribution in [0.5, 0.6) is 11.5 Å². The summed E-state index contributed by atoms with van der Waals surface area (Å²) in [6, 6.07) is 9.02. The highest BCUT2D eigenvalue weighted by Gasteiger charge is 2.25. The van der Waals surface area contributed by atoms with Crippen LogP contribution in [0.3, 0.4) is 0 Å². The number of nitro benzene ring substituents is 1. The third-order valence-electron chi connectivity index (χ3n) is 4.65. The van der Waals surface area contributed by atoms with Crippen LogP contribution in [0.2, 0.25) is 0 Å². The minimum absolute atomic E-state index is 0.0275. The maximum absolute atomic E-state index is 12.7. The Labute approximate surface area is 172 Å². The van der Waals surface area contributed by atoms with Gasteiger partial charge in [-0.2, -0.15) is 5.10 Å². The Bertz CT molecular complexity index is 1050. The summed E-state index contributed by atoms with van der Waals surface area (Å²) in [5.74, 6) is -0.193. The SMILES string of the molecule is COc1ccc(C(=O)Nc2ccc(C3=NNC(=O)CC3C)cc2[N+](=O)[O-])c(OC)c1. The van der Waals surface area contributed by atoms with Crippen molar-refractivity contribution in [2.24, 2.45) is 11.0 Å². The van der Waals surface area contributed by atoms with Crippen LogP contribution in [-0.4, -0.2) is 36.7 Å². The number of carbonyl (C=O) groups excluding carboxylic acids is 2. The zero-order chi connectivity index (χ0) is 21.8. The zero-order valence-corrected chi connectivity index (χ0v) is 16.6. The number of carbonyl (C=O) groups is 2. The maximum Gasteiger partial charge on any atom is 0.293 e. The molecule has 0 aromatic heterocycles. The predicted octanol–water partition coefficient (Wildman–Crippen LogP) is 2.72. The number of nitrogens with one attached hydrogen (secondary N) is 2. The van der Waals surface area contributed by atoms with Crippen molar-refractivity contribution in [3.8, 4) is 11.5 Å².